The molecule has 0 spiro atoms. The van der Waals surface area contributed by atoms with E-state index in [-0.39, 0.29) is 17.0 Å². The van der Waals surface area contributed by atoms with Crippen LogP contribution in [0.3, 0.4) is 0 Å². The number of rotatable bonds is 3. The normalized spacial score (nSPS) is 27.2. The predicted octanol–water partition coefficient (Wildman–Crippen LogP) is 0.870. The SMILES string of the molecule is C/C=C1\C(=O)N2C(C(=O)O)=C([S+]([O-])CC)S[C@H]12. The van der Waals surface area contributed by atoms with Gasteiger partial charge >= 0.3 is 5.97 Å². The molecule has 0 radical (unpaired) electrons. The molecule has 5 nitrogen and oxygen atoms in total. The summed E-state index contributed by atoms with van der Waals surface area (Å²) < 4.78 is 12.1. The number of carboxylic acid groups (broad SMARTS) is 1. The molecule has 0 aliphatic carbocycles. The zero-order valence-electron chi connectivity index (χ0n) is 9.30. The van der Waals surface area contributed by atoms with Gasteiger partial charge in [-0.25, -0.2) is 4.79 Å². The first-order chi connectivity index (χ1) is 8.02. The molecule has 2 atom stereocenters. The van der Waals surface area contributed by atoms with Crippen molar-refractivity contribution >= 4 is 34.8 Å². The predicted molar refractivity (Wildman–Crippen MR) is 65.3 cm³/mol. The average Bonchev–Trinajstić information content (AvgIpc) is 2.64. The van der Waals surface area contributed by atoms with Crippen LogP contribution in [-0.2, 0) is 20.8 Å². The van der Waals surface area contributed by atoms with Crippen molar-refractivity contribution in [2.24, 2.45) is 0 Å². The lowest BCUT2D eigenvalue weighted by Gasteiger charge is -2.36. The Morgan fingerprint density at radius 1 is 1.71 bits per heavy atom. The van der Waals surface area contributed by atoms with Crippen LogP contribution in [0, 0.1) is 0 Å². The highest BCUT2D eigenvalue weighted by molar-refractivity contribution is 8.19. The minimum absolute atomic E-state index is 0.115. The van der Waals surface area contributed by atoms with Crippen molar-refractivity contribution in [3.05, 3.63) is 21.6 Å². The molecule has 92 valence electrons. The maximum Gasteiger partial charge on any atom is 0.358 e. The Balaban J connectivity index is 2.40. The van der Waals surface area contributed by atoms with Gasteiger partial charge in [0.2, 0.25) is 4.24 Å². The van der Waals surface area contributed by atoms with Gasteiger partial charge in [0.25, 0.3) is 5.91 Å². The van der Waals surface area contributed by atoms with Gasteiger partial charge in [-0.15, -0.1) is 0 Å². The Hall–Kier alpha value is -0.920. The number of hydrogen-bond donors (Lipinski definition) is 1. The first kappa shape index (κ1) is 12.5. The molecule has 0 bridgehead atoms. The summed E-state index contributed by atoms with van der Waals surface area (Å²) in [5.74, 6) is -1.15. The molecule has 1 unspecified atom stereocenters. The Morgan fingerprint density at radius 2 is 2.35 bits per heavy atom. The third kappa shape index (κ3) is 1.69. The third-order valence-corrected chi connectivity index (χ3v) is 5.67. The molecule has 2 heterocycles. The minimum atomic E-state index is -1.35. The fourth-order valence-corrected chi connectivity index (χ4v) is 4.65. The van der Waals surface area contributed by atoms with E-state index < -0.39 is 17.1 Å². The monoisotopic (exact) mass is 273 g/mol. The molecule has 17 heavy (non-hydrogen) atoms. The summed E-state index contributed by atoms with van der Waals surface area (Å²) in [6.07, 6.45) is 1.67. The van der Waals surface area contributed by atoms with E-state index in [9.17, 15) is 14.1 Å². The van der Waals surface area contributed by atoms with Crippen molar-refractivity contribution in [1.29, 1.82) is 0 Å². The summed E-state index contributed by atoms with van der Waals surface area (Å²) in [7, 11) is 0. The summed E-state index contributed by atoms with van der Waals surface area (Å²) in [5.41, 5.74) is 0.465. The molecule has 2 aliphatic rings. The number of hydrogen-bond acceptors (Lipinski definition) is 4. The fraction of sp³-hybridized carbons (Fsp3) is 0.400. The highest BCUT2D eigenvalue weighted by Crippen LogP contribution is 2.50. The molecule has 0 aromatic carbocycles. The van der Waals surface area contributed by atoms with Crippen LogP contribution in [0.5, 0.6) is 0 Å². The van der Waals surface area contributed by atoms with Crippen LogP contribution in [0.4, 0.5) is 0 Å². The largest absolute Gasteiger partial charge is 0.611 e. The number of carbonyl (C=O) groups excluding carboxylic acids is 1. The second-order valence-electron chi connectivity index (χ2n) is 3.46. The number of carbonyl (C=O) groups is 2. The number of aliphatic carboxylic acids is 1. The quantitative estimate of drug-likeness (QED) is 0.469. The first-order valence-electron chi connectivity index (χ1n) is 5.05. The van der Waals surface area contributed by atoms with Crippen LogP contribution in [-0.4, -0.2) is 37.6 Å². The third-order valence-electron chi connectivity index (χ3n) is 2.60. The van der Waals surface area contributed by atoms with Gasteiger partial charge in [0, 0.05) is 5.57 Å². The lowest BCUT2D eigenvalue weighted by atomic mass is 10.1. The molecule has 1 amide bonds. The van der Waals surface area contributed by atoms with Crippen molar-refractivity contribution in [1.82, 2.24) is 4.90 Å². The number of carboxylic acids is 1. The van der Waals surface area contributed by atoms with Gasteiger partial charge in [0.05, 0.1) is 0 Å². The van der Waals surface area contributed by atoms with E-state index in [4.69, 9.17) is 5.11 Å². The Bertz CT molecular complexity index is 457. The van der Waals surface area contributed by atoms with E-state index in [2.05, 4.69) is 0 Å². The highest BCUT2D eigenvalue weighted by Gasteiger charge is 2.55. The molecule has 0 aromatic rings. The molecule has 1 saturated heterocycles. The molecule has 1 fully saturated rings. The van der Waals surface area contributed by atoms with Gasteiger partial charge in [-0.2, -0.15) is 0 Å². The lowest BCUT2D eigenvalue weighted by molar-refractivity contribution is -0.141. The zero-order valence-corrected chi connectivity index (χ0v) is 10.9. The molecular weight excluding hydrogens is 262 g/mol. The highest BCUT2D eigenvalue weighted by atomic mass is 32.3. The summed E-state index contributed by atoms with van der Waals surface area (Å²) >= 11 is -0.144. The number of β-lactam (4-membered cyclic amide) rings is 1. The van der Waals surface area contributed by atoms with E-state index in [1.807, 2.05) is 0 Å². The average molecular weight is 273 g/mol. The van der Waals surface area contributed by atoms with Crippen LogP contribution in [0.1, 0.15) is 13.8 Å². The number of nitrogens with zero attached hydrogens (tertiary/aromatic N) is 1. The maximum atomic E-state index is 11.8. The smallest absolute Gasteiger partial charge is 0.358 e. The van der Waals surface area contributed by atoms with Crippen molar-refractivity contribution in [2.45, 2.75) is 19.2 Å². The second-order valence-corrected chi connectivity index (χ2v) is 6.49. The Morgan fingerprint density at radius 3 is 2.82 bits per heavy atom. The standard InChI is InChI=1S/C10H11NO4S2/c1-3-5-7(12)11-6(9(13)14)10(16-8(5)11)17(15)4-2/h3,8H,4H2,1-2H3,(H,13,14)/b5-3+/t8-,17?/m1/s1. The molecule has 2 rings (SSSR count). The van der Waals surface area contributed by atoms with Crippen molar-refractivity contribution < 1.29 is 19.2 Å². The zero-order chi connectivity index (χ0) is 12.7. The van der Waals surface area contributed by atoms with E-state index in [1.54, 1.807) is 19.9 Å². The fourth-order valence-electron chi connectivity index (χ4n) is 1.76. The topological polar surface area (TPSA) is 80.7 Å². The summed E-state index contributed by atoms with van der Waals surface area (Å²) in [4.78, 5) is 24.1. The number of amides is 1. The summed E-state index contributed by atoms with van der Waals surface area (Å²) in [6.45, 7) is 3.46. The number of fused-ring (bicyclic) bond motifs is 1. The van der Waals surface area contributed by atoms with Crippen LogP contribution in [0.2, 0.25) is 0 Å². The van der Waals surface area contributed by atoms with E-state index in [0.29, 0.717) is 15.6 Å². The van der Waals surface area contributed by atoms with Crippen LogP contribution in [0.15, 0.2) is 21.6 Å². The molecule has 1 N–H and O–H groups in total. The van der Waals surface area contributed by atoms with Gasteiger partial charge in [0.15, 0.2) is 5.70 Å². The second kappa shape index (κ2) is 4.40. The Kier molecular flexibility index (Phi) is 3.24. The number of allylic oxidation sites excluding steroid dienone is 1. The van der Waals surface area contributed by atoms with E-state index >= 15 is 0 Å². The van der Waals surface area contributed by atoms with E-state index in [1.165, 1.54) is 16.7 Å². The van der Waals surface area contributed by atoms with Gasteiger partial charge < -0.3 is 9.66 Å². The van der Waals surface area contributed by atoms with Crippen LogP contribution in [0.25, 0.3) is 0 Å². The molecule has 0 aromatic heterocycles. The number of thioether (sulfide) groups is 1. The van der Waals surface area contributed by atoms with Gasteiger partial charge in [0.1, 0.15) is 11.1 Å². The van der Waals surface area contributed by atoms with Gasteiger partial charge in [-0.1, -0.05) is 6.08 Å². The minimum Gasteiger partial charge on any atom is -0.611 e. The summed E-state index contributed by atoms with van der Waals surface area (Å²) in [5, 5.41) is 8.81. The summed E-state index contributed by atoms with van der Waals surface area (Å²) in [6, 6.07) is 0. The molecule has 2 aliphatic heterocycles. The van der Waals surface area contributed by atoms with Crippen LogP contribution < -0.4 is 0 Å². The van der Waals surface area contributed by atoms with Crippen molar-refractivity contribution in [2.75, 3.05) is 5.75 Å². The molecular formula is C10H11NO4S2. The maximum absolute atomic E-state index is 11.8. The molecule has 0 saturated carbocycles. The Labute approximate surface area is 106 Å². The lowest BCUT2D eigenvalue weighted by Crippen LogP contribution is -2.51. The van der Waals surface area contributed by atoms with Gasteiger partial charge in [-0.3, -0.25) is 9.69 Å². The van der Waals surface area contributed by atoms with Crippen LogP contribution >= 0.6 is 11.8 Å². The first-order valence-corrected chi connectivity index (χ1v) is 7.25. The van der Waals surface area contributed by atoms with Crippen molar-refractivity contribution in [3.63, 3.8) is 0 Å². The van der Waals surface area contributed by atoms with E-state index in [0.717, 1.165) is 0 Å². The van der Waals surface area contributed by atoms with Gasteiger partial charge in [-0.05, 0) is 36.8 Å². The molecule has 7 heteroatoms. The van der Waals surface area contributed by atoms with Crippen molar-refractivity contribution in [3.8, 4) is 0 Å².